The third kappa shape index (κ3) is 4.97. The van der Waals surface area contributed by atoms with Crippen molar-refractivity contribution >= 4 is 33.2 Å². The van der Waals surface area contributed by atoms with Crippen LogP contribution in [0.15, 0.2) is 47.4 Å². The van der Waals surface area contributed by atoms with E-state index in [0.717, 1.165) is 5.56 Å². The maximum atomic E-state index is 12.7. The number of nitrogens with one attached hydrogen (secondary N) is 2. The molecule has 0 aliphatic rings. The molecule has 0 saturated carbocycles. The van der Waals surface area contributed by atoms with Gasteiger partial charge in [-0.15, -0.1) is 0 Å². The molecular formula is C18H21ClN2O4S. The Morgan fingerprint density at radius 2 is 1.85 bits per heavy atom. The molecule has 0 unspecified atom stereocenters. The van der Waals surface area contributed by atoms with E-state index in [-0.39, 0.29) is 17.2 Å². The molecule has 8 heteroatoms. The summed E-state index contributed by atoms with van der Waals surface area (Å²) in [5.74, 6) is 0.150. The summed E-state index contributed by atoms with van der Waals surface area (Å²) in [6, 6.07) is 10.8. The molecule has 26 heavy (non-hydrogen) atoms. The zero-order valence-electron chi connectivity index (χ0n) is 14.7. The van der Waals surface area contributed by atoms with Gasteiger partial charge >= 0.3 is 0 Å². The number of halogens is 1. The second-order valence-electron chi connectivity index (χ2n) is 5.66. The lowest BCUT2D eigenvalue weighted by atomic mass is 10.1. The lowest BCUT2D eigenvalue weighted by molar-refractivity contribution is -0.115. The average molecular weight is 397 g/mol. The van der Waals surface area contributed by atoms with Gasteiger partial charge in [-0.25, -0.2) is 13.1 Å². The van der Waals surface area contributed by atoms with E-state index in [4.69, 9.17) is 16.3 Å². The smallest absolute Gasteiger partial charge is 0.241 e. The van der Waals surface area contributed by atoms with Gasteiger partial charge in [0.05, 0.1) is 17.7 Å². The molecule has 0 heterocycles. The number of ether oxygens (including phenoxy) is 1. The van der Waals surface area contributed by atoms with Gasteiger partial charge in [-0.2, -0.15) is 0 Å². The molecule has 0 aliphatic carbocycles. The van der Waals surface area contributed by atoms with E-state index in [0.29, 0.717) is 16.5 Å². The Bertz CT molecular complexity index is 883. The Morgan fingerprint density at radius 1 is 1.19 bits per heavy atom. The van der Waals surface area contributed by atoms with Gasteiger partial charge in [0, 0.05) is 17.5 Å². The molecule has 0 radical (unpaired) electrons. The van der Waals surface area contributed by atoms with Crippen LogP contribution in [0, 0.1) is 0 Å². The SMILES string of the molecule is CCC(=O)Nc1cc(S(=O)(=O)N[C@H](C)c2ccc(Cl)cc2)ccc1OC. The Kier molecular flexibility index (Phi) is 6.63. The molecule has 0 spiro atoms. The summed E-state index contributed by atoms with van der Waals surface area (Å²) in [6.07, 6.45) is 0.270. The van der Waals surface area contributed by atoms with Crippen molar-refractivity contribution in [2.24, 2.45) is 0 Å². The average Bonchev–Trinajstić information content (AvgIpc) is 2.61. The summed E-state index contributed by atoms with van der Waals surface area (Å²) >= 11 is 5.86. The summed E-state index contributed by atoms with van der Waals surface area (Å²) in [4.78, 5) is 11.7. The minimum absolute atomic E-state index is 0.0329. The topological polar surface area (TPSA) is 84.5 Å². The first kappa shape index (κ1) is 20.2. The number of carbonyl (C=O) groups excluding carboxylic acids is 1. The number of carbonyl (C=O) groups is 1. The van der Waals surface area contributed by atoms with E-state index in [1.54, 1.807) is 38.1 Å². The monoisotopic (exact) mass is 396 g/mol. The van der Waals surface area contributed by atoms with Crippen LogP contribution in [0.4, 0.5) is 5.69 Å². The van der Waals surface area contributed by atoms with Crippen LogP contribution in [-0.4, -0.2) is 21.4 Å². The van der Waals surface area contributed by atoms with Crippen LogP contribution in [0.5, 0.6) is 5.75 Å². The fourth-order valence-electron chi connectivity index (χ4n) is 2.31. The molecule has 1 amide bonds. The highest BCUT2D eigenvalue weighted by atomic mass is 35.5. The van der Waals surface area contributed by atoms with Gasteiger partial charge in [-0.3, -0.25) is 4.79 Å². The van der Waals surface area contributed by atoms with E-state index < -0.39 is 16.1 Å². The van der Waals surface area contributed by atoms with Crippen LogP contribution in [0.25, 0.3) is 0 Å². The number of hydrogen-bond acceptors (Lipinski definition) is 4. The highest BCUT2D eigenvalue weighted by molar-refractivity contribution is 7.89. The van der Waals surface area contributed by atoms with Gasteiger partial charge < -0.3 is 10.1 Å². The maximum absolute atomic E-state index is 12.7. The van der Waals surface area contributed by atoms with Crippen molar-refractivity contribution in [3.05, 3.63) is 53.1 Å². The van der Waals surface area contributed by atoms with Crippen LogP contribution < -0.4 is 14.8 Å². The van der Waals surface area contributed by atoms with E-state index in [1.165, 1.54) is 25.3 Å². The highest BCUT2D eigenvalue weighted by Gasteiger charge is 2.20. The normalized spacial score (nSPS) is 12.5. The minimum atomic E-state index is -3.80. The van der Waals surface area contributed by atoms with Crippen molar-refractivity contribution < 1.29 is 17.9 Å². The largest absolute Gasteiger partial charge is 0.495 e. The molecule has 1 atom stereocenters. The van der Waals surface area contributed by atoms with Crippen LogP contribution in [0.2, 0.25) is 5.02 Å². The van der Waals surface area contributed by atoms with Gasteiger partial charge in [-0.1, -0.05) is 30.7 Å². The number of amides is 1. The molecule has 0 bridgehead atoms. The number of methoxy groups -OCH3 is 1. The third-order valence-corrected chi connectivity index (χ3v) is 5.57. The zero-order valence-corrected chi connectivity index (χ0v) is 16.3. The molecule has 0 saturated heterocycles. The minimum Gasteiger partial charge on any atom is -0.495 e. The van der Waals surface area contributed by atoms with Gasteiger partial charge in [0.1, 0.15) is 5.75 Å². The Hall–Kier alpha value is -2.09. The van der Waals surface area contributed by atoms with Gasteiger partial charge in [-0.05, 0) is 42.8 Å². The zero-order chi connectivity index (χ0) is 19.3. The predicted octanol–water partition coefficient (Wildman–Crippen LogP) is 3.74. The van der Waals surface area contributed by atoms with E-state index >= 15 is 0 Å². The van der Waals surface area contributed by atoms with E-state index in [1.807, 2.05) is 0 Å². The number of anilines is 1. The van der Waals surface area contributed by atoms with Gasteiger partial charge in [0.25, 0.3) is 0 Å². The van der Waals surface area contributed by atoms with E-state index in [2.05, 4.69) is 10.0 Å². The van der Waals surface area contributed by atoms with Crippen molar-refractivity contribution in [3.63, 3.8) is 0 Å². The first-order valence-electron chi connectivity index (χ1n) is 8.02. The third-order valence-electron chi connectivity index (χ3n) is 3.78. The van der Waals surface area contributed by atoms with Crippen LogP contribution in [0.1, 0.15) is 31.9 Å². The van der Waals surface area contributed by atoms with Crippen molar-refractivity contribution in [2.75, 3.05) is 12.4 Å². The predicted molar refractivity (Wildman–Crippen MR) is 102 cm³/mol. The van der Waals surface area contributed by atoms with Gasteiger partial charge in [0.15, 0.2) is 0 Å². The lowest BCUT2D eigenvalue weighted by Crippen LogP contribution is -2.27. The molecule has 0 aromatic heterocycles. The number of rotatable bonds is 7. The van der Waals surface area contributed by atoms with Crippen molar-refractivity contribution in [2.45, 2.75) is 31.2 Å². The summed E-state index contributed by atoms with van der Waals surface area (Å²) in [5.41, 5.74) is 1.09. The summed E-state index contributed by atoms with van der Waals surface area (Å²) < 4.78 is 33.2. The van der Waals surface area contributed by atoms with Crippen LogP contribution in [0.3, 0.4) is 0 Å². The molecule has 6 nitrogen and oxygen atoms in total. The number of hydrogen-bond donors (Lipinski definition) is 2. The first-order chi connectivity index (χ1) is 12.3. The van der Waals surface area contributed by atoms with Crippen molar-refractivity contribution in [3.8, 4) is 5.75 Å². The number of benzene rings is 2. The Labute approximate surface area is 158 Å². The van der Waals surface area contributed by atoms with Gasteiger partial charge in [0.2, 0.25) is 15.9 Å². The fourth-order valence-corrected chi connectivity index (χ4v) is 3.69. The molecule has 0 aliphatic heterocycles. The number of sulfonamides is 1. The maximum Gasteiger partial charge on any atom is 0.241 e. The summed E-state index contributed by atoms with van der Waals surface area (Å²) in [5, 5.41) is 3.22. The van der Waals surface area contributed by atoms with Crippen molar-refractivity contribution in [1.82, 2.24) is 4.72 Å². The van der Waals surface area contributed by atoms with E-state index in [9.17, 15) is 13.2 Å². The second-order valence-corrected chi connectivity index (χ2v) is 7.81. The Balaban J connectivity index is 2.28. The molecule has 140 valence electrons. The summed E-state index contributed by atoms with van der Waals surface area (Å²) in [6.45, 7) is 3.45. The van der Waals surface area contributed by atoms with Crippen LogP contribution in [-0.2, 0) is 14.8 Å². The first-order valence-corrected chi connectivity index (χ1v) is 9.88. The fraction of sp³-hybridized carbons (Fsp3) is 0.278. The van der Waals surface area contributed by atoms with Crippen molar-refractivity contribution in [1.29, 1.82) is 0 Å². The standard InChI is InChI=1S/C18H21ClN2O4S/c1-4-18(22)20-16-11-15(9-10-17(16)25-3)26(23,24)21-12(2)13-5-7-14(19)8-6-13/h5-12,21H,4H2,1-3H3,(H,20,22)/t12-/m1/s1. The van der Waals surface area contributed by atoms with Crippen LogP contribution >= 0.6 is 11.6 Å². The summed E-state index contributed by atoms with van der Waals surface area (Å²) in [7, 11) is -2.35. The molecular weight excluding hydrogens is 376 g/mol. The Morgan fingerprint density at radius 3 is 2.42 bits per heavy atom. The molecule has 2 N–H and O–H groups in total. The molecule has 2 rings (SSSR count). The lowest BCUT2D eigenvalue weighted by Gasteiger charge is -2.16. The second kappa shape index (κ2) is 8.53. The molecule has 2 aromatic rings. The quantitative estimate of drug-likeness (QED) is 0.746. The molecule has 0 fully saturated rings. The molecule has 2 aromatic carbocycles. The highest BCUT2D eigenvalue weighted by Crippen LogP contribution is 2.28.